The predicted octanol–water partition coefficient (Wildman–Crippen LogP) is 2.84. The number of halogens is 2. The Bertz CT molecular complexity index is 537. The maximum Gasteiger partial charge on any atom is 0.191 e. The molecule has 1 atom stereocenters. The van der Waals surface area contributed by atoms with Crippen molar-refractivity contribution in [3.05, 3.63) is 34.1 Å². The van der Waals surface area contributed by atoms with E-state index >= 15 is 0 Å². The lowest BCUT2D eigenvalue weighted by atomic mass is 10.2. The molecule has 1 saturated heterocycles. The zero-order chi connectivity index (χ0) is 17.2. The van der Waals surface area contributed by atoms with Gasteiger partial charge in [-0.25, -0.2) is 4.39 Å². The number of hydrogen-bond acceptors (Lipinski definition) is 3. The zero-order valence-corrected chi connectivity index (χ0v) is 15.6. The van der Waals surface area contributed by atoms with E-state index in [0.29, 0.717) is 25.7 Å². The number of nitrogens with zero attached hydrogens (tertiary/aromatic N) is 1. The second-order valence-corrected chi connectivity index (χ2v) is 6.51. The summed E-state index contributed by atoms with van der Waals surface area (Å²) in [6.07, 6.45) is 3.40. The van der Waals surface area contributed by atoms with Crippen LogP contribution in [0, 0.1) is 5.82 Å². The second-order valence-electron chi connectivity index (χ2n) is 5.65. The Kier molecular flexibility index (Phi) is 8.49. The molecule has 2 rings (SSSR count). The van der Waals surface area contributed by atoms with Gasteiger partial charge in [0, 0.05) is 37.8 Å². The van der Waals surface area contributed by atoms with Crippen LogP contribution in [0.1, 0.15) is 24.8 Å². The van der Waals surface area contributed by atoms with E-state index in [1.165, 1.54) is 12.1 Å². The van der Waals surface area contributed by atoms with Crippen LogP contribution in [0.3, 0.4) is 0 Å². The molecule has 0 spiro atoms. The number of ether oxygens (including phenoxy) is 2. The summed E-state index contributed by atoms with van der Waals surface area (Å²) in [5.41, 5.74) is 0.845. The maximum atomic E-state index is 13.3. The third-order valence-corrected chi connectivity index (χ3v) is 4.54. The van der Waals surface area contributed by atoms with E-state index in [1.807, 2.05) is 0 Å². The average Bonchev–Trinajstić information content (AvgIpc) is 3.09. The van der Waals surface area contributed by atoms with E-state index < -0.39 is 0 Å². The Morgan fingerprint density at radius 2 is 2.33 bits per heavy atom. The van der Waals surface area contributed by atoms with Gasteiger partial charge in [-0.3, -0.25) is 4.99 Å². The van der Waals surface area contributed by atoms with Gasteiger partial charge in [0.15, 0.2) is 5.96 Å². The van der Waals surface area contributed by atoms with Gasteiger partial charge >= 0.3 is 0 Å². The van der Waals surface area contributed by atoms with E-state index in [9.17, 15) is 4.39 Å². The summed E-state index contributed by atoms with van der Waals surface area (Å²) in [6.45, 7) is 3.49. The smallest absolute Gasteiger partial charge is 0.191 e. The standard InChI is InChI=1S/C17H25BrFN3O2/c1-20-17(22-11-13-10-14(19)5-6-16(13)18)21-7-3-8-23-12-15-4-2-9-24-15/h5-6,10,15H,2-4,7-9,11-12H2,1H3,(H2,20,21,22). The van der Waals surface area contributed by atoms with Crippen molar-refractivity contribution in [3.63, 3.8) is 0 Å². The van der Waals surface area contributed by atoms with Gasteiger partial charge in [0.2, 0.25) is 0 Å². The van der Waals surface area contributed by atoms with Crippen molar-refractivity contribution >= 4 is 21.9 Å². The first kappa shape index (κ1) is 19.1. The minimum absolute atomic E-state index is 0.249. The number of hydrogen-bond donors (Lipinski definition) is 2. The molecule has 0 aliphatic carbocycles. The molecule has 1 heterocycles. The fourth-order valence-corrected chi connectivity index (χ4v) is 2.84. The molecule has 5 nitrogen and oxygen atoms in total. The first-order chi connectivity index (χ1) is 11.7. The van der Waals surface area contributed by atoms with Gasteiger partial charge in [-0.15, -0.1) is 0 Å². The highest BCUT2D eigenvalue weighted by molar-refractivity contribution is 9.10. The highest BCUT2D eigenvalue weighted by atomic mass is 79.9. The van der Waals surface area contributed by atoms with E-state index in [2.05, 4.69) is 31.6 Å². The molecule has 0 saturated carbocycles. The van der Waals surface area contributed by atoms with Crippen molar-refractivity contribution in [1.29, 1.82) is 0 Å². The SMILES string of the molecule is CN=C(NCCCOCC1CCCO1)NCc1cc(F)ccc1Br. The summed E-state index contributed by atoms with van der Waals surface area (Å²) in [5.74, 6) is 0.437. The van der Waals surface area contributed by atoms with Gasteiger partial charge in [0.05, 0.1) is 12.7 Å². The van der Waals surface area contributed by atoms with Crippen LogP contribution in [0.25, 0.3) is 0 Å². The molecule has 7 heteroatoms. The third kappa shape index (κ3) is 6.75. The molecule has 1 unspecified atom stereocenters. The lowest BCUT2D eigenvalue weighted by Crippen LogP contribution is -2.37. The highest BCUT2D eigenvalue weighted by Gasteiger charge is 2.14. The van der Waals surface area contributed by atoms with Crippen LogP contribution in [0.5, 0.6) is 0 Å². The molecule has 1 aliphatic rings. The third-order valence-electron chi connectivity index (χ3n) is 3.76. The van der Waals surface area contributed by atoms with Crippen LogP contribution >= 0.6 is 15.9 Å². The topological polar surface area (TPSA) is 54.9 Å². The number of nitrogens with one attached hydrogen (secondary N) is 2. The number of benzene rings is 1. The van der Waals surface area contributed by atoms with Crippen LogP contribution in [0.2, 0.25) is 0 Å². The molecule has 0 bridgehead atoms. The van der Waals surface area contributed by atoms with Crippen LogP contribution in [-0.2, 0) is 16.0 Å². The van der Waals surface area contributed by atoms with Gasteiger partial charge < -0.3 is 20.1 Å². The van der Waals surface area contributed by atoms with Gasteiger partial charge in [0.25, 0.3) is 0 Å². The van der Waals surface area contributed by atoms with Gasteiger partial charge in [-0.05, 0) is 43.0 Å². The molecule has 1 aromatic carbocycles. The van der Waals surface area contributed by atoms with E-state index in [0.717, 1.165) is 42.5 Å². The minimum atomic E-state index is -0.249. The molecular formula is C17H25BrFN3O2. The Morgan fingerprint density at radius 3 is 3.08 bits per heavy atom. The molecule has 24 heavy (non-hydrogen) atoms. The summed E-state index contributed by atoms with van der Waals surface area (Å²) in [5, 5.41) is 6.39. The molecule has 134 valence electrons. The van der Waals surface area contributed by atoms with Crippen LogP contribution in [0.15, 0.2) is 27.7 Å². The summed E-state index contributed by atoms with van der Waals surface area (Å²) in [4.78, 5) is 4.16. The summed E-state index contributed by atoms with van der Waals surface area (Å²) in [6, 6.07) is 4.63. The van der Waals surface area contributed by atoms with Crippen molar-refractivity contribution in [2.45, 2.75) is 31.9 Å². The van der Waals surface area contributed by atoms with E-state index in [4.69, 9.17) is 9.47 Å². The van der Waals surface area contributed by atoms with Crippen molar-refractivity contribution in [3.8, 4) is 0 Å². The minimum Gasteiger partial charge on any atom is -0.379 e. The lowest BCUT2D eigenvalue weighted by Gasteiger charge is -2.13. The highest BCUT2D eigenvalue weighted by Crippen LogP contribution is 2.17. The number of aliphatic imine (C=N–C) groups is 1. The van der Waals surface area contributed by atoms with Gasteiger partial charge in [-0.2, -0.15) is 0 Å². The Hall–Kier alpha value is -1.18. The van der Waals surface area contributed by atoms with E-state index in [-0.39, 0.29) is 11.9 Å². The Balaban J connectivity index is 1.59. The molecule has 0 radical (unpaired) electrons. The summed E-state index contributed by atoms with van der Waals surface area (Å²) < 4.78 is 25.3. The van der Waals surface area contributed by atoms with Gasteiger partial charge in [-0.1, -0.05) is 15.9 Å². The molecule has 0 aromatic heterocycles. The molecule has 1 aromatic rings. The van der Waals surface area contributed by atoms with Crippen LogP contribution in [-0.4, -0.2) is 45.5 Å². The fourth-order valence-electron chi connectivity index (χ4n) is 2.45. The van der Waals surface area contributed by atoms with Crippen molar-refractivity contribution < 1.29 is 13.9 Å². The first-order valence-corrected chi connectivity index (χ1v) is 9.06. The van der Waals surface area contributed by atoms with Crippen molar-refractivity contribution in [2.24, 2.45) is 4.99 Å². The fraction of sp³-hybridized carbons (Fsp3) is 0.588. The van der Waals surface area contributed by atoms with E-state index in [1.54, 1.807) is 13.1 Å². The van der Waals surface area contributed by atoms with Crippen molar-refractivity contribution in [2.75, 3.05) is 33.4 Å². The number of guanidine groups is 1. The summed E-state index contributed by atoms with van der Waals surface area (Å²) in [7, 11) is 1.71. The lowest BCUT2D eigenvalue weighted by molar-refractivity contribution is 0.0168. The monoisotopic (exact) mass is 401 g/mol. The zero-order valence-electron chi connectivity index (χ0n) is 14.0. The Morgan fingerprint density at radius 1 is 1.46 bits per heavy atom. The largest absolute Gasteiger partial charge is 0.379 e. The second kappa shape index (κ2) is 10.6. The maximum absolute atomic E-state index is 13.3. The number of rotatable bonds is 8. The molecule has 0 amide bonds. The summed E-state index contributed by atoms with van der Waals surface area (Å²) >= 11 is 3.42. The quantitative estimate of drug-likeness (QED) is 0.399. The normalized spacial score (nSPS) is 18.0. The average molecular weight is 402 g/mol. The Labute approximate surface area is 151 Å². The first-order valence-electron chi connectivity index (χ1n) is 8.27. The predicted molar refractivity (Wildman–Crippen MR) is 96.7 cm³/mol. The van der Waals surface area contributed by atoms with Gasteiger partial charge in [0.1, 0.15) is 5.82 Å². The van der Waals surface area contributed by atoms with Crippen molar-refractivity contribution in [1.82, 2.24) is 10.6 Å². The molecule has 1 fully saturated rings. The van der Waals surface area contributed by atoms with Crippen LogP contribution in [0.4, 0.5) is 4.39 Å². The molecular weight excluding hydrogens is 377 g/mol. The molecule has 1 aliphatic heterocycles. The molecule has 2 N–H and O–H groups in total. The van der Waals surface area contributed by atoms with Crippen LogP contribution < -0.4 is 10.6 Å².